The van der Waals surface area contributed by atoms with E-state index >= 15 is 0 Å². The molecule has 1 aliphatic heterocycles. The Bertz CT molecular complexity index is 404. The number of rotatable bonds is 5. The summed E-state index contributed by atoms with van der Waals surface area (Å²) < 4.78 is 13.0. The Hall–Kier alpha value is -0.930. The first kappa shape index (κ1) is 14.5. The van der Waals surface area contributed by atoms with Gasteiger partial charge >= 0.3 is 0 Å². The van der Waals surface area contributed by atoms with Gasteiger partial charge < -0.3 is 5.73 Å². The SMILES string of the molecule is CCC1CCN(C(C)(CN)Cc2ccc(F)cc2)C1. The molecule has 0 radical (unpaired) electrons. The first-order valence-electron chi connectivity index (χ1n) is 7.27. The van der Waals surface area contributed by atoms with Crippen LogP contribution in [0, 0.1) is 11.7 Å². The lowest BCUT2D eigenvalue weighted by Crippen LogP contribution is -2.52. The normalized spacial score (nSPS) is 23.5. The Labute approximate surface area is 115 Å². The summed E-state index contributed by atoms with van der Waals surface area (Å²) in [6, 6.07) is 6.81. The summed E-state index contributed by atoms with van der Waals surface area (Å²) in [5.41, 5.74) is 7.18. The quantitative estimate of drug-likeness (QED) is 0.886. The molecule has 0 amide bonds. The van der Waals surface area contributed by atoms with Gasteiger partial charge in [-0.1, -0.05) is 25.5 Å². The minimum Gasteiger partial charge on any atom is -0.329 e. The molecule has 1 aromatic rings. The average molecular weight is 264 g/mol. The second-order valence-corrected chi connectivity index (χ2v) is 6.01. The van der Waals surface area contributed by atoms with E-state index in [0.717, 1.165) is 31.0 Å². The summed E-state index contributed by atoms with van der Waals surface area (Å²) in [6.45, 7) is 7.40. The minimum absolute atomic E-state index is 0.0122. The molecule has 0 saturated carbocycles. The Morgan fingerprint density at radius 2 is 2.05 bits per heavy atom. The largest absolute Gasteiger partial charge is 0.329 e. The first-order chi connectivity index (χ1) is 9.07. The Kier molecular flexibility index (Phi) is 4.58. The number of hydrogen-bond acceptors (Lipinski definition) is 2. The van der Waals surface area contributed by atoms with Gasteiger partial charge in [-0.3, -0.25) is 4.90 Å². The number of likely N-dealkylation sites (tertiary alicyclic amines) is 1. The monoisotopic (exact) mass is 264 g/mol. The number of nitrogens with zero attached hydrogens (tertiary/aromatic N) is 1. The van der Waals surface area contributed by atoms with Crippen LogP contribution in [-0.4, -0.2) is 30.1 Å². The molecule has 2 unspecified atom stereocenters. The topological polar surface area (TPSA) is 29.3 Å². The molecule has 1 heterocycles. The molecular formula is C16H25FN2. The van der Waals surface area contributed by atoms with Crippen molar-refractivity contribution in [3.63, 3.8) is 0 Å². The van der Waals surface area contributed by atoms with E-state index in [1.54, 1.807) is 0 Å². The number of hydrogen-bond donors (Lipinski definition) is 1. The second-order valence-electron chi connectivity index (χ2n) is 6.01. The predicted molar refractivity (Wildman–Crippen MR) is 77.5 cm³/mol. The molecule has 0 spiro atoms. The van der Waals surface area contributed by atoms with E-state index in [0.29, 0.717) is 6.54 Å². The maximum atomic E-state index is 13.0. The van der Waals surface area contributed by atoms with Crippen LogP contribution in [-0.2, 0) is 6.42 Å². The third kappa shape index (κ3) is 3.34. The van der Waals surface area contributed by atoms with Crippen molar-refractivity contribution >= 4 is 0 Å². The van der Waals surface area contributed by atoms with E-state index in [1.165, 1.54) is 25.0 Å². The maximum absolute atomic E-state index is 13.0. The summed E-state index contributed by atoms with van der Waals surface area (Å²) in [6.07, 6.45) is 3.41. The van der Waals surface area contributed by atoms with E-state index < -0.39 is 0 Å². The van der Waals surface area contributed by atoms with Crippen LogP contribution in [0.5, 0.6) is 0 Å². The third-order valence-electron chi connectivity index (χ3n) is 4.56. The zero-order valence-corrected chi connectivity index (χ0v) is 12.0. The molecule has 3 heteroatoms. The summed E-state index contributed by atoms with van der Waals surface area (Å²) in [5, 5.41) is 0. The standard InChI is InChI=1S/C16H25FN2/c1-3-13-8-9-19(11-13)16(2,12-18)10-14-4-6-15(17)7-5-14/h4-7,13H,3,8-12,18H2,1-2H3. The highest BCUT2D eigenvalue weighted by Crippen LogP contribution is 2.28. The zero-order chi connectivity index (χ0) is 13.9. The lowest BCUT2D eigenvalue weighted by molar-refractivity contribution is 0.137. The van der Waals surface area contributed by atoms with Gasteiger partial charge in [0.15, 0.2) is 0 Å². The van der Waals surface area contributed by atoms with Gasteiger partial charge in [0.05, 0.1) is 0 Å². The molecule has 106 valence electrons. The van der Waals surface area contributed by atoms with Crippen molar-refractivity contribution in [1.82, 2.24) is 4.90 Å². The Balaban J connectivity index is 2.07. The first-order valence-corrected chi connectivity index (χ1v) is 7.27. The van der Waals surface area contributed by atoms with Gasteiger partial charge in [-0.2, -0.15) is 0 Å². The highest BCUT2D eigenvalue weighted by Gasteiger charge is 2.35. The van der Waals surface area contributed by atoms with Gasteiger partial charge in [0, 0.05) is 18.6 Å². The summed E-state index contributed by atoms with van der Waals surface area (Å²) in [4.78, 5) is 2.52. The van der Waals surface area contributed by atoms with Gasteiger partial charge in [-0.05, 0) is 49.9 Å². The van der Waals surface area contributed by atoms with Crippen molar-refractivity contribution < 1.29 is 4.39 Å². The molecule has 0 bridgehead atoms. The van der Waals surface area contributed by atoms with Crippen LogP contribution in [0.2, 0.25) is 0 Å². The molecule has 0 aromatic heterocycles. The van der Waals surface area contributed by atoms with Crippen LogP contribution in [0.25, 0.3) is 0 Å². The molecule has 2 rings (SSSR count). The van der Waals surface area contributed by atoms with Crippen molar-refractivity contribution in [3.05, 3.63) is 35.6 Å². The molecular weight excluding hydrogens is 239 g/mol. The van der Waals surface area contributed by atoms with Gasteiger partial charge in [-0.15, -0.1) is 0 Å². The molecule has 2 N–H and O–H groups in total. The van der Waals surface area contributed by atoms with Crippen LogP contribution in [0.1, 0.15) is 32.3 Å². The van der Waals surface area contributed by atoms with Crippen molar-refractivity contribution in [2.75, 3.05) is 19.6 Å². The fourth-order valence-electron chi connectivity index (χ4n) is 3.01. The lowest BCUT2D eigenvalue weighted by Gasteiger charge is -2.38. The maximum Gasteiger partial charge on any atom is 0.123 e. The lowest BCUT2D eigenvalue weighted by atomic mass is 9.91. The predicted octanol–water partition coefficient (Wildman–Crippen LogP) is 2.82. The van der Waals surface area contributed by atoms with Crippen LogP contribution < -0.4 is 5.73 Å². The van der Waals surface area contributed by atoms with Crippen LogP contribution in [0.3, 0.4) is 0 Å². The number of benzene rings is 1. The van der Waals surface area contributed by atoms with Crippen molar-refractivity contribution in [2.45, 2.75) is 38.6 Å². The van der Waals surface area contributed by atoms with E-state index in [9.17, 15) is 4.39 Å². The van der Waals surface area contributed by atoms with E-state index in [2.05, 4.69) is 18.7 Å². The summed E-state index contributed by atoms with van der Waals surface area (Å²) >= 11 is 0. The Morgan fingerprint density at radius 3 is 2.58 bits per heavy atom. The Morgan fingerprint density at radius 1 is 1.37 bits per heavy atom. The number of halogens is 1. The van der Waals surface area contributed by atoms with E-state index in [4.69, 9.17) is 5.73 Å². The van der Waals surface area contributed by atoms with Crippen LogP contribution in [0.4, 0.5) is 4.39 Å². The van der Waals surface area contributed by atoms with Gasteiger partial charge in [0.1, 0.15) is 5.82 Å². The van der Waals surface area contributed by atoms with Crippen LogP contribution in [0.15, 0.2) is 24.3 Å². The van der Waals surface area contributed by atoms with Gasteiger partial charge in [0.25, 0.3) is 0 Å². The minimum atomic E-state index is -0.176. The van der Waals surface area contributed by atoms with E-state index in [1.807, 2.05) is 12.1 Å². The fraction of sp³-hybridized carbons (Fsp3) is 0.625. The molecule has 1 aliphatic rings. The molecule has 2 nitrogen and oxygen atoms in total. The molecule has 0 aliphatic carbocycles. The third-order valence-corrected chi connectivity index (χ3v) is 4.56. The summed E-state index contributed by atoms with van der Waals surface area (Å²) in [7, 11) is 0. The zero-order valence-electron chi connectivity index (χ0n) is 12.0. The smallest absolute Gasteiger partial charge is 0.123 e. The molecule has 1 aromatic carbocycles. The number of nitrogens with two attached hydrogens (primary N) is 1. The molecule has 1 saturated heterocycles. The fourth-order valence-corrected chi connectivity index (χ4v) is 3.01. The van der Waals surface area contributed by atoms with Crippen molar-refractivity contribution in [1.29, 1.82) is 0 Å². The van der Waals surface area contributed by atoms with Crippen molar-refractivity contribution in [3.8, 4) is 0 Å². The van der Waals surface area contributed by atoms with Crippen molar-refractivity contribution in [2.24, 2.45) is 11.7 Å². The average Bonchev–Trinajstić information content (AvgIpc) is 2.91. The molecule has 2 atom stereocenters. The molecule has 19 heavy (non-hydrogen) atoms. The second kappa shape index (κ2) is 6.02. The highest BCUT2D eigenvalue weighted by atomic mass is 19.1. The summed E-state index contributed by atoms with van der Waals surface area (Å²) in [5.74, 6) is 0.629. The highest BCUT2D eigenvalue weighted by molar-refractivity contribution is 5.19. The van der Waals surface area contributed by atoms with E-state index in [-0.39, 0.29) is 11.4 Å². The molecule has 1 fully saturated rings. The van der Waals surface area contributed by atoms with Crippen LogP contribution >= 0.6 is 0 Å². The van der Waals surface area contributed by atoms with Gasteiger partial charge in [0.2, 0.25) is 0 Å². The van der Waals surface area contributed by atoms with Gasteiger partial charge in [-0.25, -0.2) is 4.39 Å².